The van der Waals surface area contributed by atoms with E-state index < -0.39 is 80.7 Å². The number of carbonyl (C=O) groups excluding carboxylic acids is 1. The Labute approximate surface area is 456 Å². The fraction of sp³-hybridized carbons (Fsp3) is 0.951. The van der Waals surface area contributed by atoms with Gasteiger partial charge in [-0.25, -0.2) is 0 Å². The van der Waals surface area contributed by atoms with Crippen LogP contribution in [0.5, 0.6) is 0 Å². The van der Waals surface area contributed by atoms with Crippen molar-refractivity contribution in [1.82, 2.24) is 0 Å². The van der Waals surface area contributed by atoms with Gasteiger partial charge in [0.25, 0.3) is 0 Å². The van der Waals surface area contributed by atoms with Crippen molar-refractivity contribution in [3.8, 4) is 0 Å². The van der Waals surface area contributed by atoms with Crippen molar-refractivity contribution in [1.29, 1.82) is 0 Å². The third-order valence-electron chi connectivity index (χ3n) is 15.3. The van der Waals surface area contributed by atoms with Crippen LogP contribution in [0.25, 0.3) is 0 Å². The van der Waals surface area contributed by atoms with E-state index in [1.54, 1.807) is 0 Å². The van der Waals surface area contributed by atoms with E-state index in [9.17, 15) is 40.5 Å². The zero-order valence-corrected chi connectivity index (χ0v) is 47.8. The topological polar surface area (TPSA) is 214 Å². The number of aliphatic hydroxyl groups is 7. The van der Waals surface area contributed by atoms with Crippen LogP contribution < -0.4 is 0 Å². The Morgan fingerprint density at radius 2 is 0.787 bits per heavy atom. The molecule has 0 aromatic rings. The number of allylic oxidation sites excluding steroid dienone is 2. The van der Waals surface area contributed by atoms with Gasteiger partial charge >= 0.3 is 5.97 Å². The summed E-state index contributed by atoms with van der Waals surface area (Å²) in [4.78, 5) is 13.1. The fourth-order valence-electron chi connectivity index (χ4n) is 10.2. The molecule has 75 heavy (non-hydrogen) atoms. The Kier molecular flexibility index (Phi) is 45.3. The smallest absolute Gasteiger partial charge is 0.306 e. The Morgan fingerprint density at radius 3 is 1.21 bits per heavy atom. The van der Waals surface area contributed by atoms with Gasteiger partial charge in [-0.05, 0) is 38.5 Å². The second-order valence-corrected chi connectivity index (χ2v) is 22.2. The zero-order valence-electron chi connectivity index (χ0n) is 47.8. The first-order chi connectivity index (χ1) is 36.6. The average Bonchev–Trinajstić information content (AvgIpc) is 3.41. The predicted molar refractivity (Wildman–Crippen MR) is 298 cm³/mol. The van der Waals surface area contributed by atoms with Gasteiger partial charge in [0.15, 0.2) is 12.6 Å². The SMILES string of the molecule is CCCCCCCC/C=C\CCCCCCCCCCCCOCC(COC1OC(COC2OC(CO)C(O)C(O)C2O)C(O)C(O)C1O)OC(=O)CCCCCCCCCCCCCCCCCCCCCCC. The second-order valence-electron chi connectivity index (χ2n) is 22.2. The van der Waals surface area contributed by atoms with E-state index in [1.807, 2.05) is 0 Å². The summed E-state index contributed by atoms with van der Waals surface area (Å²) in [6.07, 6.45) is 38.4. The van der Waals surface area contributed by atoms with Gasteiger partial charge in [0.1, 0.15) is 54.9 Å². The molecule has 11 atom stereocenters. The first kappa shape index (κ1) is 69.8. The molecule has 0 aliphatic carbocycles. The molecule has 14 nitrogen and oxygen atoms in total. The molecule has 2 heterocycles. The van der Waals surface area contributed by atoms with Gasteiger partial charge in [-0.1, -0.05) is 238 Å². The van der Waals surface area contributed by atoms with Crippen LogP contribution >= 0.6 is 0 Å². The van der Waals surface area contributed by atoms with Crippen LogP contribution in [0, 0.1) is 0 Å². The highest BCUT2D eigenvalue weighted by molar-refractivity contribution is 5.69. The molecule has 0 aromatic carbocycles. The number of hydrogen-bond donors (Lipinski definition) is 7. The highest BCUT2D eigenvalue weighted by Crippen LogP contribution is 2.27. The normalized spacial score (nSPS) is 24.6. The Bertz CT molecular complexity index is 1290. The minimum atomic E-state index is -1.70. The third-order valence-corrected chi connectivity index (χ3v) is 15.3. The molecule has 2 rings (SSSR count). The minimum absolute atomic E-state index is 0.0671. The number of unbranched alkanes of at least 4 members (excludes halogenated alkanes) is 36. The number of carbonyl (C=O) groups is 1. The molecule has 0 spiro atoms. The van der Waals surface area contributed by atoms with Crippen molar-refractivity contribution in [2.45, 2.75) is 338 Å². The molecule has 2 saturated heterocycles. The fourth-order valence-corrected chi connectivity index (χ4v) is 10.2. The molecule has 0 radical (unpaired) electrons. The first-order valence-corrected chi connectivity index (χ1v) is 31.3. The maximum atomic E-state index is 13.1. The molecule has 0 saturated carbocycles. The molecular formula is C61H116O14. The summed E-state index contributed by atoms with van der Waals surface area (Å²) in [7, 11) is 0. The van der Waals surface area contributed by atoms with Crippen LogP contribution in [-0.2, 0) is 33.2 Å². The molecule has 11 unspecified atom stereocenters. The lowest BCUT2D eigenvalue weighted by Gasteiger charge is -2.42. The van der Waals surface area contributed by atoms with Crippen LogP contribution in [0.2, 0.25) is 0 Å². The van der Waals surface area contributed by atoms with E-state index in [-0.39, 0.29) is 25.6 Å². The van der Waals surface area contributed by atoms with Gasteiger partial charge in [0, 0.05) is 13.0 Å². The lowest BCUT2D eigenvalue weighted by molar-refractivity contribution is -0.332. The molecular weight excluding hydrogens is 957 g/mol. The number of aliphatic hydroxyl groups excluding tert-OH is 7. The summed E-state index contributed by atoms with van der Waals surface area (Å²) in [6.45, 7) is 3.75. The lowest BCUT2D eigenvalue weighted by atomic mass is 9.98. The molecule has 2 aliphatic rings. The standard InChI is InChI=1S/C61H116O14/c1-3-5-7-9-11-13-15-17-19-21-23-25-26-28-30-32-34-36-38-40-42-44-53(63)73-50(47-70-45-43-41-39-37-35-33-31-29-27-24-22-20-18-16-14-12-10-8-6-4-2)48-71-60-59(69)57(67)55(65)52(75-60)49-72-61-58(68)56(66)54(64)51(46-62)74-61/h18,20,50-52,54-62,64-69H,3-17,19,21-49H2,1-2H3/b20-18-. The van der Waals surface area contributed by atoms with Gasteiger partial charge in [0.2, 0.25) is 0 Å². The second kappa shape index (κ2) is 48.6. The van der Waals surface area contributed by atoms with Crippen LogP contribution in [-0.4, -0.2) is 142 Å². The summed E-state index contributed by atoms with van der Waals surface area (Å²) in [6, 6.07) is 0. The van der Waals surface area contributed by atoms with Crippen molar-refractivity contribution in [2.24, 2.45) is 0 Å². The van der Waals surface area contributed by atoms with Gasteiger partial charge in [-0.15, -0.1) is 0 Å². The summed E-state index contributed by atoms with van der Waals surface area (Å²) in [5.41, 5.74) is 0. The van der Waals surface area contributed by atoms with E-state index in [0.29, 0.717) is 13.0 Å². The van der Waals surface area contributed by atoms with Gasteiger partial charge in [-0.3, -0.25) is 4.79 Å². The minimum Gasteiger partial charge on any atom is -0.457 e. The number of esters is 1. The number of rotatable bonds is 52. The summed E-state index contributed by atoms with van der Waals surface area (Å²) in [5, 5.41) is 72.4. The third kappa shape index (κ3) is 35.2. The van der Waals surface area contributed by atoms with E-state index >= 15 is 0 Å². The largest absolute Gasteiger partial charge is 0.457 e. The van der Waals surface area contributed by atoms with E-state index in [0.717, 1.165) is 38.5 Å². The highest BCUT2D eigenvalue weighted by atomic mass is 16.7. The predicted octanol–water partition coefficient (Wildman–Crippen LogP) is 11.8. The molecule has 14 heteroatoms. The van der Waals surface area contributed by atoms with E-state index in [4.69, 9.17) is 28.4 Å². The van der Waals surface area contributed by atoms with Crippen LogP contribution in [0.1, 0.15) is 271 Å². The first-order valence-electron chi connectivity index (χ1n) is 31.3. The highest BCUT2D eigenvalue weighted by Gasteiger charge is 2.47. The molecule has 2 aliphatic heterocycles. The van der Waals surface area contributed by atoms with Crippen LogP contribution in [0.3, 0.4) is 0 Å². The monoisotopic (exact) mass is 1070 g/mol. The van der Waals surface area contributed by atoms with Crippen molar-refractivity contribution in [2.75, 3.05) is 33.0 Å². The summed E-state index contributed by atoms with van der Waals surface area (Å²) >= 11 is 0. The van der Waals surface area contributed by atoms with Crippen molar-refractivity contribution in [3.63, 3.8) is 0 Å². The van der Waals surface area contributed by atoms with Crippen molar-refractivity contribution >= 4 is 5.97 Å². The Hall–Kier alpha value is -1.27. The Balaban J connectivity index is 1.68. The van der Waals surface area contributed by atoms with Crippen LogP contribution in [0.4, 0.5) is 0 Å². The van der Waals surface area contributed by atoms with Crippen molar-refractivity contribution < 1.29 is 69.0 Å². The van der Waals surface area contributed by atoms with Crippen LogP contribution in [0.15, 0.2) is 12.2 Å². The van der Waals surface area contributed by atoms with Crippen molar-refractivity contribution in [3.05, 3.63) is 12.2 Å². The maximum absolute atomic E-state index is 13.1. The molecule has 0 aromatic heterocycles. The number of hydrogen-bond acceptors (Lipinski definition) is 14. The summed E-state index contributed by atoms with van der Waals surface area (Å²) < 4.78 is 34.5. The Morgan fingerprint density at radius 1 is 0.427 bits per heavy atom. The summed E-state index contributed by atoms with van der Waals surface area (Å²) in [5.74, 6) is -0.369. The van der Waals surface area contributed by atoms with E-state index in [2.05, 4.69) is 26.0 Å². The molecule has 2 fully saturated rings. The lowest BCUT2D eigenvalue weighted by Crippen LogP contribution is -2.61. The maximum Gasteiger partial charge on any atom is 0.306 e. The molecule has 0 bridgehead atoms. The van der Waals surface area contributed by atoms with E-state index in [1.165, 1.54) is 205 Å². The molecule has 444 valence electrons. The average molecular weight is 1070 g/mol. The van der Waals surface area contributed by atoms with Gasteiger partial charge < -0.3 is 64.2 Å². The zero-order chi connectivity index (χ0) is 54.4. The quantitative estimate of drug-likeness (QED) is 0.0172. The number of ether oxygens (including phenoxy) is 6. The van der Waals surface area contributed by atoms with Gasteiger partial charge in [-0.2, -0.15) is 0 Å². The van der Waals surface area contributed by atoms with Gasteiger partial charge in [0.05, 0.1) is 26.4 Å². The molecule has 0 amide bonds. The molecule has 7 N–H and O–H groups in total.